The SMILES string of the molecule is O=C(NC1CCCN(c2cc(-c3ccc(F)cc3)[nH]n2)C1)c1ccc(C(F)(F)F)cc1. The summed E-state index contributed by atoms with van der Waals surface area (Å²) in [5, 5.41) is 10.2. The number of hydrogen-bond acceptors (Lipinski definition) is 3. The standard InChI is InChI=1S/C22H20F4N4O/c23-17-9-5-14(6-10-17)19-12-20(29-28-19)30-11-1-2-18(13-30)27-21(31)15-3-7-16(8-4-15)22(24,25)26/h3-10,12,18H,1-2,11,13H2,(H,27,31)(H,28,29). The normalized spacial score (nSPS) is 16.9. The fraction of sp³-hybridized carbons (Fsp3) is 0.273. The first-order valence-electron chi connectivity index (χ1n) is 9.84. The molecule has 2 N–H and O–H groups in total. The maximum absolute atomic E-state index is 13.1. The van der Waals surface area contributed by atoms with Crippen molar-refractivity contribution in [2.75, 3.05) is 18.0 Å². The smallest absolute Gasteiger partial charge is 0.353 e. The van der Waals surface area contributed by atoms with Crippen molar-refractivity contribution in [1.29, 1.82) is 0 Å². The predicted octanol–water partition coefficient (Wildman–Crippen LogP) is 4.63. The zero-order valence-electron chi connectivity index (χ0n) is 16.4. The number of H-pyrrole nitrogens is 1. The average Bonchev–Trinajstić information content (AvgIpc) is 3.24. The summed E-state index contributed by atoms with van der Waals surface area (Å²) in [5.74, 6) is -0.00597. The molecule has 5 nitrogen and oxygen atoms in total. The number of aromatic nitrogens is 2. The highest BCUT2D eigenvalue weighted by Gasteiger charge is 2.30. The molecule has 1 atom stereocenters. The number of alkyl halides is 3. The van der Waals surface area contributed by atoms with Crippen molar-refractivity contribution in [3.63, 3.8) is 0 Å². The molecule has 0 bridgehead atoms. The molecule has 1 fully saturated rings. The molecule has 2 heterocycles. The van der Waals surface area contributed by atoms with E-state index in [9.17, 15) is 22.4 Å². The maximum atomic E-state index is 13.1. The van der Waals surface area contributed by atoms with Crippen LogP contribution in [0, 0.1) is 5.82 Å². The quantitative estimate of drug-likeness (QED) is 0.591. The van der Waals surface area contributed by atoms with Crippen LogP contribution in [0.2, 0.25) is 0 Å². The Balaban J connectivity index is 1.40. The third-order valence-electron chi connectivity index (χ3n) is 5.27. The fourth-order valence-electron chi connectivity index (χ4n) is 3.63. The van der Waals surface area contributed by atoms with Crippen molar-refractivity contribution in [2.24, 2.45) is 0 Å². The number of rotatable bonds is 4. The first-order chi connectivity index (χ1) is 14.8. The summed E-state index contributed by atoms with van der Waals surface area (Å²) >= 11 is 0. The molecule has 9 heteroatoms. The summed E-state index contributed by atoms with van der Waals surface area (Å²) in [4.78, 5) is 14.5. The van der Waals surface area contributed by atoms with E-state index in [1.54, 1.807) is 12.1 Å². The first kappa shape index (κ1) is 20.9. The van der Waals surface area contributed by atoms with Gasteiger partial charge in [-0.25, -0.2) is 4.39 Å². The lowest BCUT2D eigenvalue weighted by Gasteiger charge is -2.33. The molecule has 162 valence electrons. The van der Waals surface area contributed by atoms with Gasteiger partial charge in [-0.05, 0) is 66.9 Å². The Labute approximate surface area is 176 Å². The van der Waals surface area contributed by atoms with E-state index in [-0.39, 0.29) is 17.4 Å². The third kappa shape index (κ3) is 4.87. The number of nitrogens with zero attached hydrogens (tertiary/aromatic N) is 2. The number of carbonyl (C=O) groups excluding carboxylic acids is 1. The van der Waals surface area contributed by atoms with Crippen LogP contribution in [-0.4, -0.2) is 35.2 Å². The monoisotopic (exact) mass is 432 g/mol. The molecule has 0 saturated carbocycles. The second kappa shape index (κ2) is 8.41. The van der Waals surface area contributed by atoms with E-state index in [0.717, 1.165) is 42.8 Å². The van der Waals surface area contributed by atoms with Crippen LogP contribution >= 0.6 is 0 Å². The summed E-state index contributed by atoms with van der Waals surface area (Å²) < 4.78 is 51.2. The van der Waals surface area contributed by atoms with Gasteiger partial charge in [0.05, 0.1) is 11.3 Å². The topological polar surface area (TPSA) is 61.0 Å². The number of carbonyl (C=O) groups is 1. The maximum Gasteiger partial charge on any atom is 0.416 e. The Kier molecular flexibility index (Phi) is 5.67. The lowest BCUT2D eigenvalue weighted by molar-refractivity contribution is -0.137. The highest BCUT2D eigenvalue weighted by atomic mass is 19.4. The van der Waals surface area contributed by atoms with E-state index in [0.29, 0.717) is 12.4 Å². The Morgan fingerprint density at radius 2 is 1.81 bits per heavy atom. The van der Waals surface area contributed by atoms with Crippen molar-refractivity contribution < 1.29 is 22.4 Å². The Morgan fingerprint density at radius 3 is 2.48 bits per heavy atom. The number of aromatic amines is 1. The van der Waals surface area contributed by atoms with E-state index < -0.39 is 17.6 Å². The van der Waals surface area contributed by atoms with Gasteiger partial charge >= 0.3 is 6.18 Å². The highest BCUT2D eigenvalue weighted by Crippen LogP contribution is 2.29. The molecule has 1 aromatic heterocycles. The molecule has 0 radical (unpaired) electrons. The zero-order chi connectivity index (χ0) is 22.0. The van der Waals surface area contributed by atoms with Crippen molar-refractivity contribution in [3.05, 3.63) is 71.5 Å². The van der Waals surface area contributed by atoms with Crippen LogP contribution in [0.5, 0.6) is 0 Å². The van der Waals surface area contributed by atoms with Gasteiger partial charge in [-0.15, -0.1) is 0 Å². The van der Waals surface area contributed by atoms with Crippen LogP contribution in [0.3, 0.4) is 0 Å². The van der Waals surface area contributed by atoms with E-state index in [1.165, 1.54) is 24.3 Å². The van der Waals surface area contributed by atoms with Crippen LogP contribution in [0.25, 0.3) is 11.3 Å². The van der Waals surface area contributed by atoms with Gasteiger partial charge in [0.15, 0.2) is 5.82 Å². The summed E-state index contributed by atoms with van der Waals surface area (Å²) in [6.07, 6.45) is -2.84. The minimum absolute atomic E-state index is 0.158. The van der Waals surface area contributed by atoms with Crippen LogP contribution in [0.15, 0.2) is 54.6 Å². The first-order valence-corrected chi connectivity index (χ1v) is 9.84. The summed E-state index contributed by atoms with van der Waals surface area (Å²) in [5.41, 5.74) is 0.960. The molecule has 31 heavy (non-hydrogen) atoms. The van der Waals surface area contributed by atoms with Crippen LogP contribution in [0.1, 0.15) is 28.8 Å². The minimum Gasteiger partial charge on any atom is -0.353 e. The van der Waals surface area contributed by atoms with Gasteiger partial charge in [0.25, 0.3) is 5.91 Å². The van der Waals surface area contributed by atoms with Gasteiger partial charge in [0.2, 0.25) is 0 Å². The molecule has 4 rings (SSSR count). The van der Waals surface area contributed by atoms with E-state index in [1.807, 2.05) is 11.0 Å². The Hall–Kier alpha value is -3.36. The van der Waals surface area contributed by atoms with Crippen LogP contribution < -0.4 is 10.2 Å². The summed E-state index contributed by atoms with van der Waals surface area (Å²) in [6, 6.07) is 12.0. The largest absolute Gasteiger partial charge is 0.416 e. The molecule has 2 aromatic carbocycles. The van der Waals surface area contributed by atoms with Crippen molar-refractivity contribution in [3.8, 4) is 11.3 Å². The number of benzene rings is 2. The lowest BCUT2D eigenvalue weighted by atomic mass is 10.0. The number of amides is 1. The van der Waals surface area contributed by atoms with Gasteiger partial charge in [-0.1, -0.05) is 0 Å². The van der Waals surface area contributed by atoms with Gasteiger partial charge in [-0.2, -0.15) is 18.3 Å². The molecule has 1 aliphatic heterocycles. The lowest BCUT2D eigenvalue weighted by Crippen LogP contribution is -2.48. The Bertz CT molecular complexity index is 1040. The molecule has 1 amide bonds. The van der Waals surface area contributed by atoms with Gasteiger partial charge in [0, 0.05) is 30.8 Å². The Morgan fingerprint density at radius 1 is 1.10 bits per heavy atom. The predicted molar refractivity (Wildman–Crippen MR) is 108 cm³/mol. The van der Waals surface area contributed by atoms with Crippen molar-refractivity contribution >= 4 is 11.7 Å². The molecule has 0 spiro atoms. The molecular formula is C22H20F4N4O. The molecular weight excluding hydrogens is 412 g/mol. The van der Waals surface area contributed by atoms with Gasteiger partial charge < -0.3 is 10.2 Å². The molecule has 1 saturated heterocycles. The second-order valence-electron chi connectivity index (χ2n) is 7.48. The number of nitrogens with one attached hydrogen (secondary N) is 2. The molecule has 0 aliphatic carbocycles. The van der Waals surface area contributed by atoms with Crippen LogP contribution in [0.4, 0.5) is 23.4 Å². The van der Waals surface area contributed by atoms with E-state index in [4.69, 9.17) is 0 Å². The number of piperidine rings is 1. The zero-order valence-corrected chi connectivity index (χ0v) is 16.4. The summed E-state index contributed by atoms with van der Waals surface area (Å²) in [7, 11) is 0. The van der Waals surface area contributed by atoms with Crippen molar-refractivity contribution in [2.45, 2.75) is 25.1 Å². The molecule has 1 aliphatic rings. The van der Waals surface area contributed by atoms with E-state index in [2.05, 4.69) is 15.5 Å². The number of halogens is 4. The van der Waals surface area contributed by atoms with E-state index >= 15 is 0 Å². The van der Waals surface area contributed by atoms with Gasteiger partial charge in [-0.3, -0.25) is 9.89 Å². The minimum atomic E-state index is -4.44. The van der Waals surface area contributed by atoms with Gasteiger partial charge in [0.1, 0.15) is 5.82 Å². The average molecular weight is 432 g/mol. The number of anilines is 1. The van der Waals surface area contributed by atoms with Crippen LogP contribution in [-0.2, 0) is 6.18 Å². The van der Waals surface area contributed by atoms with Crippen molar-refractivity contribution in [1.82, 2.24) is 15.5 Å². The molecule has 1 unspecified atom stereocenters. The highest BCUT2D eigenvalue weighted by molar-refractivity contribution is 5.94. The fourth-order valence-corrected chi connectivity index (χ4v) is 3.63. The summed E-state index contributed by atoms with van der Waals surface area (Å²) in [6.45, 7) is 1.29. The number of hydrogen-bond donors (Lipinski definition) is 2. The second-order valence-corrected chi connectivity index (χ2v) is 7.48. The third-order valence-corrected chi connectivity index (χ3v) is 5.27. The molecule has 3 aromatic rings.